The average molecular weight is 334 g/mol. The van der Waals surface area contributed by atoms with Gasteiger partial charge in [0.05, 0.1) is 17.1 Å². The van der Waals surface area contributed by atoms with Crippen molar-refractivity contribution in [2.24, 2.45) is 0 Å². The molecule has 0 saturated heterocycles. The van der Waals surface area contributed by atoms with Crippen molar-refractivity contribution in [1.82, 2.24) is 4.98 Å². The van der Waals surface area contributed by atoms with Gasteiger partial charge in [0.2, 0.25) is 0 Å². The van der Waals surface area contributed by atoms with Gasteiger partial charge in [-0.3, -0.25) is 4.79 Å². The van der Waals surface area contributed by atoms with Crippen molar-refractivity contribution in [2.45, 2.75) is 13.3 Å². The molecule has 0 bridgehead atoms. The van der Waals surface area contributed by atoms with E-state index >= 15 is 0 Å². The minimum Gasteiger partial charge on any atom is -0.481 e. The van der Waals surface area contributed by atoms with E-state index in [1.807, 2.05) is 25.1 Å². The number of carboxylic acid groups (broad SMARTS) is 1. The number of nitrogens with one attached hydrogen (secondary N) is 1. The van der Waals surface area contributed by atoms with E-state index < -0.39 is 5.97 Å². The third-order valence-electron chi connectivity index (χ3n) is 3.68. The van der Waals surface area contributed by atoms with E-state index in [-0.39, 0.29) is 6.42 Å². The maximum absolute atomic E-state index is 11.2. The Labute approximate surface area is 137 Å². The van der Waals surface area contributed by atoms with Gasteiger partial charge in [0, 0.05) is 21.5 Å². The third kappa shape index (κ3) is 2.58. The molecule has 0 fully saturated rings. The summed E-state index contributed by atoms with van der Waals surface area (Å²) in [5, 5.41) is 11.2. The predicted octanol–water partition coefficient (Wildman–Crippen LogP) is 5.08. The lowest BCUT2D eigenvalue weighted by molar-refractivity contribution is -0.136. The third-order valence-corrected chi connectivity index (χ3v) is 4.23. The van der Waals surface area contributed by atoms with E-state index in [1.54, 1.807) is 18.2 Å². The van der Waals surface area contributed by atoms with Crippen LogP contribution >= 0.6 is 23.2 Å². The van der Waals surface area contributed by atoms with E-state index in [9.17, 15) is 9.90 Å². The number of para-hydroxylation sites is 1. The highest BCUT2D eigenvalue weighted by Crippen LogP contribution is 2.36. The van der Waals surface area contributed by atoms with Crippen molar-refractivity contribution < 1.29 is 9.90 Å². The van der Waals surface area contributed by atoms with Crippen LogP contribution in [0.2, 0.25) is 10.0 Å². The number of H-pyrrole nitrogens is 1. The van der Waals surface area contributed by atoms with E-state index in [4.69, 9.17) is 23.2 Å². The average Bonchev–Trinajstić information content (AvgIpc) is 2.79. The number of fused-ring (bicyclic) bond motifs is 1. The number of carbonyl (C=O) groups is 1. The highest BCUT2D eigenvalue weighted by molar-refractivity contribution is 6.36. The number of hydrogen-bond donors (Lipinski definition) is 2. The molecule has 1 aromatic heterocycles. The lowest BCUT2D eigenvalue weighted by Gasteiger charge is -2.06. The van der Waals surface area contributed by atoms with Crippen LogP contribution in [0.3, 0.4) is 0 Å². The molecule has 0 spiro atoms. The van der Waals surface area contributed by atoms with Crippen molar-refractivity contribution in [1.29, 1.82) is 0 Å². The summed E-state index contributed by atoms with van der Waals surface area (Å²) in [5.74, 6) is -0.881. The summed E-state index contributed by atoms with van der Waals surface area (Å²) in [6.45, 7) is 1.98. The van der Waals surface area contributed by atoms with E-state index in [2.05, 4.69) is 4.98 Å². The number of carboxylic acids is 1. The first-order valence-electron chi connectivity index (χ1n) is 6.74. The summed E-state index contributed by atoms with van der Waals surface area (Å²) < 4.78 is 0. The molecule has 0 saturated carbocycles. The molecular weight excluding hydrogens is 321 g/mol. The monoisotopic (exact) mass is 333 g/mol. The molecule has 3 rings (SSSR count). The molecule has 0 amide bonds. The number of rotatable bonds is 3. The first-order chi connectivity index (χ1) is 10.5. The molecule has 112 valence electrons. The van der Waals surface area contributed by atoms with Gasteiger partial charge in [-0.2, -0.15) is 0 Å². The standard InChI is InChI=1S/C17H13Cl2NO2/c1-9-3-2-4-11-13(8-15(21)22)17(20-16(9)11)12-6-5-10(18)7-14(12)19/h2-7,20H,8H2,1H3,(H,21,22). The maximum atomic E-state index is 11.2. The van der Waals surface area contributed by atoms with Crippen molar-refractivity contribution in [3.8, 4) is 11.3 Å². The summed E-state index contributed by atoms with van der Waals surface area (Å²) in [4.78, 5) is 14.6. The van der Waals surface area contributed by atoms with Crippen LogP contribution in [0.4, 0.5) is 0 Å². The topological polar surface area (TPSA) is 53.1 Å². The number of aliphatic carboxylic acids is 1. The first-order valence-corrected chi connectivity index (χ1v) is 7.50. The Bertz CT molecular complexity index is 884. The fourth-order valence-electron chi connectivity index (χ4n) is 2.68. The molecule has 0 atom stereocenters. The highest BCUT2D eigenvalue weighted by Gasteiger charge is 2.18. The molecule has 5 heteroatoms. The molecule has 2 N–H and O–H groups in total. The summed E-state index contributed by atoms with van der Waals surface area (Å²) >= 11 is 12.2. The van der Waals surface area contributed by atoms with Gasteiger partial charge in [0.1, 0.15) is 0 Å². The molecule has 1 heterocycles. The highest BCUT2D eigenvalue weighted by atomic mass is 35.5. The fourth-order valence-corrected chi connectivity index (χ4v) is 3.18. The summed E-state index contributed by atoms with van der Waals surface area (Å²) in [5.41, 5.74) is 4.20. The number of aryl methyl sites for hydroxylation is 1. The predicted molar refractivity (Wildman–Crippen MR) is 89.8 cm³/mol. The molecule has 3 nitrogen and oxygen atoms in total. The first kappa shape index (κ1) is 14.9. The molecule has 0 unspecified atom stereocenters. The molecule has 22 heavy (non-hydrogen) atoms. The van der Waals surface area contributed by atoms with E-state index in [0.717, 1.165) is 33.3 Å². The SMILES string of the molecule is Cc1cccc2c(CC(=O)O)c(-c3ccc(Cl)cc3Cl)[nH]c12. The Morgan fingerprint density at radius 3 is 2.68 bits per heavy atom. The Balaban J connectivity index is 2.32. The minimum atomic E-state index is -0.881. The smallest absolute Gasteiger partial charge is 0.307 e. The normalized spacial score (nSPS) is 11.0. The summed E-state index contributed by atoms with van der Waals surface area (Å²) in [7, 11) is 0. The second-order valence-corrected chi connectivity index (χ2v) is 6.01. The molecule has 0 aliphatic heterocycles. The Morgan fingerprint density at radius 1 is 1.23 bits per heavy atom. The zero-order valence-electron chi connectivity index (χ0n) is 11.8. The van der Waals surface area contributed by atoms with Crippen LogP contribution < -0.4 is 0 Å². The van der Waals surface area contributed by atoms with Gasteiger partial charge in [0.25, 0.3) is 0 Å². The quantitative estimate of drug-likeness (QED) is 0.702. The molecule has 0 radical (unpaired) electrons. The second kappa shape index (κ2) is 5.67. The zero-order chi connectivity index (χ0) is 15.9. The van der Waals surface area contributed by atoms with Gasteiger partial charge < -0.3 is 10.1 Å². The number of aromatic amines is 1. The van der Waals surface area contributed by atoms with Crippen LogP contribution in [0.1, 0.15) is 11.1 Å². The largest absolute Gasteiger partial charge is 0.481 e. The fraction of sp³-hybridized carbons (Fsp3) is 0.118. The Morgan fingerprint density at radius 2 is 2.00 bits per heavy atom. The van der Waals surface area contributed by atoms with Crippen LogP contribution in [0.15, 0.2) is 36.4 Å². The molecule has 2 aromatic carbocycles. The molecule has 0 aliphatic carbocycles. The minimum absolute atomic E-state index is 0.0717. The van der Waals surface area contributed by atoms with Crippen LogP contribution in [0, 0.1) is 6.92 Å². The van der Waals surface area contributed by atoms with Crippen molar-refractivity contribution in [2.75, 3.05) is 0 Å². The Kier molecular flexibility index (Phi) is 3.85. The zero-order valence-corrected chi connectivity index (χ0v) is 13.3. The lowest BCUT2D eigenvalue weighted by Crippen LogP contribution is -2.01. The maximum Gasteiger partial charge on any atom is 0.307 e. The van der Waals surface area contributed by atoms with Crippen LogP contribution in [0.5, 0.6) is 0 Å². The van der Waals surface area contributed by atoms with Crippen molar-refractivity contribution in [3.05, 3.63) is 57.6 Å². The second-order valence-electron chi connectivity index (χ2n) is 5.17. The van der Waals surface area contributed by atoms with Crippen molar-refractivity contribution in [3.63, 3.8) is 0 Å². The van der Waals surface area contributed by atoms with Gasteiger partial charge in [0.15, 0.2) is 0 Å². The van der Waals surface area contributed by atoms with Gasteiger partial charge in [-0.15, -0.1) is 0 Å². The van der Waals surface area contributed by atoms with Crippen molar-refractivity contribution >= 4 is 40.1 Å². The van der Waals surface area contributed by atoms with Crippen LogP contribution in [0.25, 0.3) is 22.2 Å². The van der Waals surface area contributed by atoms with Gasteiger partial charge in [-0.25, -0.2) is 0 Å². The van der Waals surface area contributed by atoms with E-state index in [0.29, 0.717) is 10.0 Å². The molecular formula is C17H13Cl2NO2. The lowest BCUT2D eigenvalue weighted by atomic mass is 10.0. The summed E-state index contributed by atoms with van der Waals surface area (Å²) in [6.07, 6.45) is -0.0717. The molecule has 3 aromatic rings. The van der Waals surface area contributed by atoms with Crippen LogP contribution in [-0.4, -0.2) is 16.1 Å². The van der Waals surface area contributed by atoms with E-state index in [1.165, 1.54) is 0 Å². The molecule has 0 aliphatic rings. The van der Waals surface area contributed by atoms with Gasteiger partial charge in [-0.1, -0.05) is 41.4 Å². The van der Waals surface area contributed by atoms with Gasteiger partial charge in [-0.05, 0) is 36.2 Å². The Hall–Kier alpha value is -1.97. The summed E-state index contributed by atoms with van der Waals surface area (Å²) in [6, 6.07) is 11.0. The van der Waals surface area contributed by atoms with Gasteiger partial charge >= 0.3 is 5.97 Å². The van der Waals surface area contributed by atoms with Crippen LogP contribution in [-0.2, 0) is 11.2 Å². The number of aromatic nitrogens is 1. The number of hydrogen-bond acceptors (Lipinski definition) is 1. The number of halogens is 2. The number of benzene rings is 2.